The largest absolute Gasteiger partial charge is 0.432 e. The summed E-state index contributed by atoms with van der Waals surface area (Å²) in [6.07, 6.45) is 0. The lowest BCUT2D eigenvalue weighted by Gasteiger charge is -1.93. The molecule has 0 radical (unpaired) electrons. The van der Waals surface area contributed by atoms with Crippen LogP contribution in [0.3, 0.4) is 0 Å². The molecule has 0 N–H and O–H groups in total. The highest BCUT2D eigenvalue weighted by Gasteiger charge is 1.87. The Labute approximate surface area is 64.6 Å². The van der Waals surface area contributed by atoms with Gasteiger partial charge in [-0.2, -0.15) is 0 Å². The molecule has 0 heterocycles. The van der Waals surface area contributed by atoms with E-state index in [4.69, 9.17) is 0 Å². The molecule has 0 aliphatic rings. The van der Waals surface area contributed by atoms with Crippen molar-refractivity contribution in [3.05, 3.63) is 12.3 Å². The third-order valence-corrected chi connectivity index (χ3v) is 0.318. The van der Waals surface area contributed by atoms with Crippen LogP contribution in [0.15, 0.2) is 12.3 Å². The summed E-state index contributed by atoms with van der Waals surface area (Å²) in [5, 5.41) is 0. The van der Waals surface area contributed by atoms with Crippen molar-refractivity contribution in [3.8, 4) is 0 Å². The topological polar surface area (TPSA) is 35.5 Å². The van der Waals surface area contributed by atoms with Crippen molar-refractivity contribution < 1.29 is 14.0 Å². The Kier molecular flexibility index (Phi) is 10.1. The number of esters is 1. The Bertz CT molecular complexity index is 99.6. The van der Waals surface area contributed by atoms with Gasteiger partial charge in [0.05, 0.1) is 5.76 Å². The van der Waals surface area contributed by atoms with E-state index in [1.54, 1.807) is 14.0 Å². The predicted octanol–water partition coefficient (Wildman–Crippen LogP) is -0.00370. The fourth-order valence-corrected chi connectivity index (χ4v) is 0.245. The van der Waals surface area contributed by atoms with Gasteiger partial charge in [-0.3, -0.25) is 4.79 Å². The molecule has 60 valence electrons. The quantitative estimate of drug-likeness (QED) is 0.309. The van der Waals surface area contributed by atoms with Crippen LogP contribution in [0.5, 0.6) is 0 Å². The molecule has 0 amide bonds. The van der Waals surface area contributed by atoms with Crippen LogP contribution in [0.1, 0.15) is 13.8 Å². The van der Waals surface area contributed by atoms with Crippen LogP contribution in [-0.4, -0.2) is 23.6 Å². The molecule has 0 saturated carbocycles. The van der Waals surface area contributed by atoms with E-state index in [1.807, 2.05) is 0 Å². The number of carbonyl (C=O) groups is 1. The summed E-state index contributed by atoms with van der Waals surface area (Å²) in [5.74, 6) is 0.125. The molecule has 0 unspecified atom stereocenters. The fraction of sp³-hybridized carbons (Fsp3) is 0.500. The summed E-state index contributed by atoms with van der Waals surface area (Å²) in [6, 6.07) is 0. The molecule has 0 aliphatic heterocycles. The number of ether oxygens (including phenoxy) is 1. The number of rotatable bonds is 1. The minimum atomic E-state index is -0.312. The van der Waals surface area contributed by atoms with Crippen molar-refractivity contribution in [2.75, 3.05) is 7.11 Å². The third kappa shape index (κ3) is 26.3. The van der Waals surface area contributed by atoms with Gasteiger partial charge < -0.3 is 9.16 Å². The van der Waals surface area contributed by atoms with E-state index in [0.717, 1.165) is 10.5 Å². The van der Waals surface area contributed by atoms with E-state index in [2.05, 4.69) is 15.7 Å². The SMILES string of the molecule is C=C(C)OC(C)=O.CO[SiH3]. The first kappa shape index (κ1) is 12.1. The molecule has 0 aliphatic carbocycles. The van der Waals surface area contributed by atoms with Gasteiger partial charge in [-0.25, -0.2) is 0 Å². The molecule has 0 atom stereocenters. The number of carbonyl (C=O) groups excluding carboxylic acids is 1. The maximum atomic E-state index is 9.97. The van der Waals surface area contributed by atoms with Crippen LogP contribution in [0.2, 0.25) is 0 Å². The zero-order chi connectivity index (χ0) is 8.57. The van der Waals surface area contributed by atoms with E-state index in [9.17, 15) is 4.79 Å². The summed E-state index contributed by atoms with van der Waals surface area (Å²) in [5.41, 5.74) is 0. The Morgan fingerprint density at radius 2 is 1.80 bits per heavy atom. The highest BCUT2D eigenvalue weighted by atomic mass is 28.2. The van der Waals surface area contributed by atoms with Crippen molar-refractivity contribution >= 4 is 16.5 Å². The minimum Gasteiger partial charge on any atom is -0.432 e. The second kappa shape index (κ2) is 8.39. The Hall–Kier alpha value is -0.613. The standard InChI is InChI=1S/C5H8O2.CH6OSi/c1-4(2)7-5(3)6;1-2-3/h1H2,2-3H3;1,3H3. The molecule has 0 aromatic rings. The van der Waals surface area contributed by atoms with E-state index in [1.165, 1.54) is 6.92 Å². The Balaban J connectivity index is 0. The first-order valence-electron chi connectivity index (χ1n) is 2.78. The van der Waals surface area contributed by atoms with Gasteiger partial charge in [0.1, 0.15) is 10.5 Å². The molecule has 10 heavy (non-hydrogen) atoms. The van der Waals surface area contributed by atoms with E-state index in [0.29, 0.717) is 5.76 Å². The zero-order valence-corrected chi connectivity index (χ0v) is 8.93. The van der Waals surface area contributed by atoms with Crippen LogP contribution >= 0.6 is 0 Å². The van der Waals surface area contributed by atoms with Gasteiger partial charge in [-0.15, -0.1) is 0 Å². The van der Waals surface area contributed by atoms with Crippen LogP contribution in [-0.2, 0) is 14.0 Å². The lowest BCUT2D eigenvalue weighted by molar-refractivity contribution is -0.136. The summed E-state index contributed by atoms with van der Waals surface area (Å²) < 4.78 is 8.81. The monoisotopic (exact) mass is 162 g/mol. The average molecular weight is 162 g/mol. The highest BCUT2D eigenvalue weighted by molar-refractivity contribution is 5.97. The average Bonchev–Trinajstić information content (AvgIpc) is 1.62. The number of hydrogen-bond donors (Lipinski definition) is 0. The van der Waals surface area contributed by atoms with E-state index < -0.39 is 0 Å². The first-order chi connectivity index (χ1) is 4.54. The third-order valence-electron chi connectivity index (χ3n) is 0.318. The van der Waals surface area contributed by atoms with Crippen LogP contribution in [0.4, 0.5) is 0 Å². The first-order valence-corrected chi connectivity index (χ1v) is 3.60. The molecular weight excluding hydrogens is 148 g/mol. The van der Waals surface area contributed by atoms with Crippen LogP contribution in [0, 0.1) is 0 Å². The molecule has 0 bridgehead atoms. The van der Waals surface area contributed by atoms with E-state index in [-0.39, 0.29) is 5.97 Å². The van der Waals surface area contributed by atoms with Gasteiger partial charge >= 0.3 is 5.97 Å². The van der Waals surface area contributed by atoms with Gasteiger partial charge in [0.25, 0.3) is 0 Å². The van der Waals surface area contributed by atoms with Gasteiger partial charge in [-0.1, -0.05) is 6.58 Å². The smallest absolute Gasteiger partial charge is 0.307 e. The molecule has 0 fully saturated rings. The van der Waals surface area contributed by atoms with Gasteiger partial charge in [0.15, 0.2) is 0 Å². The second-order valence-corrected chi connectivity index (χ2v) is 2.52. The van der Waals surface area contributed by atoms with Crippen molar-refractivity contribution in [2.45, 2.75) is 13.8 Å². The van der Waals surface area contributed by atoms with Gasteiger partial charge in [-0.05, 0) is 6.92 Å². The fourth-order valence-electron chi connectivity index (χ4n) is 0.245. The summed E-state index contributed by atoms with van der Waals surface area (Å²) in [7, 11) is 2.56. The number of allylic oxidation sites excluding steroid dienone is 1. The summed E-state index contributed by atoms with van der Waals surface area (Å²) in [4.78, 5) is 9.97. The number of hydrogen-bond acceptors (Lipinski definition) is 3. The Morgan fingerprint density at radius 3 is 1.80 bits per heavy atom. The molecule has 0 rings (SSSR count). The van der Waals surface area contributed by atoms with E-state index >= 15 is 0 Å². The maximum absolute atomic E-state index is 9.97. The van der Waals surface area contributed by atoms with Gasteiger partial charge in [0.2, 0.25) is 0 Å². The van der Waals surface area contributed by atoms with Gasteiger partial charge in [0, 0.05) is 14.0 Å². The normalized spacial score (nSPS) is 7.50. The van der Waals surface area contributed by atoms with Crippen molar-refractivity contribution in [1.82, 2.24) is 0 Å². The Morgan fingerprint density at radius 1 is 1.50 bits per heavy atom. The molecule has 3 nitrogen and oxygen atoms in total. The molecule has 0 saturated heterocycles. The zero-order valence-electron chi connectivity index (χ0n) is 6.93. The molecular formula is C6H14O3Si. The second-order valence-electron chi connectivity index (χ2n) is 1.70. The molecule has 4 heteroatoms. The van der Waals surface area contributed by atoms with Crippen LogP contribution in [0.25, 0.3) is 0 Å². The lowest BCUT2D eigenvalue weighted by Crippen LogP contribution is -1.93. The molecule has 0 aromatic carbocycles. The lowest BCUT2D eigenvalue weighted by atomic mass is 10.6. The summed E-state index contributed by atoms with van der Waals surface area (Å²) in [6.45, 7) is 6.32. The maximum Gasteiger partial charge on any atom is 0.307 e. The van der Waals surface area contributed by atoms with Crippen molar-refractivity contribution in [1.29, 1.82) is 0 Å². The summed E-state index contributed by atoms with van der Waals surface area (Å²) >= 11 is 0. The van der Waals surface area contributed by atoms with Crippen molar-refractivity contribution in [2.24, 2.45) is 0 Å². The van der Waals surface area contributed by atoms with Crippen LogP contribution < -0.4 is 0 Å². The predicted molar refractivity (Wildman–Crippen MR) is 43.5 cm³/mol. The molecule has 0 aromatic heterocycles. The minimum absolute atomic E-state index is 0.312. The highest BCUT2D eigenvalue weighted by Crippen LogP contribution is 1.87. The van der Waals surface area contributed by atoms with Crippen molar-refractivity contribution in [3.63, 3.8) is 0 Å². The molecule has 0 spiro atoms.